The molecule has 0 saturated carbocycles. The number of carbonyl (C=O) groups is 1. The molecule has 3 aliphatic heterocycles. The number of hydrogen-bond acceptors (Lipinski definition) is 5. The summed E-state index contributed by atoms with van der Waals surface area (Å²) in [5.74, 6) is 0.695. The topological polar surface area (TPSA) is 63.2 Å². The molecule has 3 atom stereocenters. The highest BCUT2D eigenvalue weighted by molar-refractivity contribution is 6.05. The Kier molecular flexibility index (Phi) is 4.37. The molecule has 0 spiro atoms. The highest BCUT2D eigenvalue weighted by Gasteiger charge is 2.40. The van der Waals surface area contributed by atoms with E-state index in [0.29, 0.717) is 18.5 Å². The first kappa shape index (κ1) is 16.4. The number of methoxy groups -OCH3 is 1. The average molecular weight is 343 g/mol. The van der Waals surface area contributed by atoms with Crippen molar-refractivity contribution < 1.29 is 14.4 Å². The van der Waals surface area contributed by atoms with Crippen molar-refractivity contribution in [2.75, 3.05) is 14.2 Å². The van der Waals surface area contributed by atoms with Crippen molar-refractivity contribution in [2.24, 2.45) is 5.16 Å². The first-order chi connectivity index (χ1) is 12.2. The summed E-state index contributed by atoms with van der Waals surface area (Å²) in [6.07, 6.45) is 4.49. The number of benzene rings is 1. The maximum absolute atomic E-state index is 12.6. The van der Waals surface area contributed by atoms with Crippen molar-refractivity contribution in [1.82, 2.24) is 10.2 Å². The zero-order chi connectivity index (χ0) is 17.4. The number of amides is 1. The number of para-hydroxylation sites is 1. The number of ether oxygens (including phenoxy) is 1. The smallest absolute Gasteiger partial charge is 0.264 e. The van der Waals surface area contributed by atoms with Crippen LogP contribution in [0.5, 0.6) is 5.75 Å². The van der Waals surface area contributed by atoms with Crippen molar-refractivity contribution in [1.29, 1.82) is 0 Å². The Morgan fingerprint density at radius 3 is 2.72 bits per heavy atom. The van der Waals surface area contributed by atoms with Crippen LogP contribution in [0.3, 0.4) is 0 Å². The second-order valence-corrected chi connectivity index (χ2v) is 7.26. The number of fused-ring (bicyclic) bond motifs is 2. The molecule has 6 heteroatoms. The Morgan fingerprint density at radius 1 is 1.28 bits per heavy atom. The summed E-state index contributed by atoms with van der Waals surface area (Å²) in [5, 5.41) is 7.32. The van der Waals surface area contributed by atoms with Crippen LogP contribution >= 0.6 is 0 Å². The molecule has 25 heavy (non-hydrogen) atoms. The van der Waals surface area contributed by atoms with E-state index in [2.05, 4.69) is 22.4 Å². The van der Waals surface area contributed by atoms with Crippen LogP contribution in [0.2, 0.25) is 0 Å². The van der Waals surface area contributed by atoms with Gasteiger partial charge in [-0.25, -0.2) is 0 Å². The molecule has 0 radical (unpaired) electrons. The molecule has 1 aromatic rings. The largest absolute Gasteiger partial charge is 0.496 e. The molecule has 6 nitrogen and oxygen atoms in total. The van der Waals surface area contributed by atoms with Gasteiger partial charge in [-0.3, -0.25) is 4.79 Å². The summed E-state index contributed by atoms with van der Waals surface area (Å²) >= 11 is 0. The van der Waals surface area contributed by atoms with Gasteiger partial charge >= 0.3 is 0 Å². The fraction of sp³-hybridized carbons (Fsp3) is 0.579. The lowest BCUT2D eigenvalue weighted by Crippen LogP contribution is -2.50. The minimum atomic E-state index is -0.544. The maximum Gasteiger partial charge on any atom is 0.264 e. The van der Waals surface area contributed by atoms with Gasteiger partial charge in [-0.05, 0) is 44.9 Å². The molecular formula is C19H25N3O3. The van der Waals surface area contributed by atoms with Gasteiger partial charge in [0, 0.05) is 30.1 Å². The predicted octanol–water partition coefficient (Wildman–Crippen LogP) is 1.93. The van der Waals surface area contributed by atoms with E-state index < -0.39 is 6.10 Å². The SMILES string of the molecule is COc1ccccc1C1=NOC(C(=O)NC2CC3CCC(C2)N3C)C1. The Balaban J connectivity index is 1.36. The van der Waals surface area contributed by atoms with E-state index in [-0.39, 0.29) is 11.9 Å². The molecule has 0 aromatic heterocycles. The molecule has 1 N–H and O–H groups in total. The van der Waals surface area contributed by atoms with E-state index in [9.17, 15) is 4.79 Å². The molecule has 2 saturated heterocycles. The van der Waals surface area contributed by atoms with E-state index in [1.807, 2.05) is 24.3 Å². The van der Waals surface area contributed by atoms with E-state index in [0.717, 1.165) is 29.9 Å². The quantitative estimate of drug-likeness (QED) is 0.907. The zero-order valence-electron chi connectivity index (χ0n) is 14.8. The molecule has 3 heterocycles. The van der Waals surface area contributed by atoms with Crippen LogP contribution < -0.4 is 10.1 Å². The molecule has 1 aromatic carbocycles. The highest BCUT2D eigenvalue weighted by atomic mass is 16.6. The minimum absolute atomic E-state index is 0.0531. The number of nitrogens with zero attached hydrogens (tertiary/aromatic N) is 2. The number of oxime groups is 1. The van der Waals surface area contributed by atoms with Crippen molar-refractivity contribution in [2.45, 2.75) is 56.3 Å². The van der Waals surface area contributed by atoms with Crippen LogP contribution in [0.15, 0.2) is 29.4 Å². The summed E-state index contributed by atoms with van der Waals surface area (Å²) in [7, 11) is 3.83. The lowest BCUT2D eigenvalue weighted by Gasteiger charge is -2.36. The summed E-state index contributed by atoms with van der Waals surface area (Å²) in [5.41, 5.74) is 1.65. The Hall–Kier alpha value is -2.08. The third-order valence-corrected chi connectivity index (χ3v) is 5.82. The summed E-state index contributed by atoms with van der Waals surface area (Å²) in [6.45, 7) is 0. The monoisotopic (exact) mass is 343 g/mol. The van der Waals surface area contributed by atoms with Gasteiger partial charge in [-0.15, -0.1) is 0 Å². The van der Waals surface area contributed by atoms with Gasteiger partial charge in [0.15, 0.2) is 0 Å². The number of nitrogens with one attached hydrogen (secondary N) is 1. The molecule has 134 valence electrons. The maximum atomic E-state index is 12.6. The molecule has 2 fully saturated rings. The van der Waals surface area contributed by atoms with Gasteiger partial charge in [-0.2, -0.15) is 0 Å². The number of rotatable bonds is 4. The zero-order valence-corrected chi connectivity index (χ0v) is 14.8. The van der Waals surface area contributed by atoms with Crippen molar-refractivity contribution in [3.8, 4) is 5.75 Å². The molecule has 4 rings (SSSR count). The van der Waals surface area contributed by atoms with Gasteiger partial charge in [0.05, 0.1) is 12.8 Å². The Morgan fingerprint density at radius 2 is 2.00 bits per heavy atom. The first-order valence-corrected chi connectivity index (χ1v) is 9.04. The molecule has 1 amide bonds. The number of carbonyl (C=O) groups excluding carboxylic acids is 1. The van der Waals surface area contributed by atoms with E-state index >= 15 is 0 Å². The van der Waals surface area contributed by atoms with E-state index in [1.54, 1.807) is 7.11 Å². The summed E-state index contributed by atoms with van der Waals surface area (Å²) < 4.78 is 5.37. The van der Waals surface area contributed by atoms with E-state index in [1.165, 1.54) is 12.8 Å². The standard InChI is InChI=1S/C19H25N3O3/c1-22-13-7-8-14(22)10-12(9-13)20-19(23)18-11-16(21-25-18)15-5-3-4-6-17(15)24-2/h3-6,12-14,18H,7-11H2,1-2H3,(H,20,23). The van der Waals surface area contributed by atoms with Gasteiger partial charge < -0.3 is 19.8 Å². The van der Waals surface area contributed by atoms with Gasteiger partial charge in [0.2, 0.25) is 6.10 Å². The molecule has 3 aliphatic rings. The van der Waals surface area contributed by atoms with Crippen LogP contribution in [0.4, 0.5) is 0 Å². The predicted molar refractivity (Wildman–Crippen MR) is 94.8 cm³/mol. The first-order valence-electron chi connectivity index (χ1n) is 9.04. The highest BCUT2D eigenvalue weighted by Crippen LogP contribution is 2.34. The third kappa shape index (κ3) is 3.11. The van der Waals surface area contributed by atoms with Gasteiger partial charge in [-0.1, -0.05) is 17.3 Å². The van der Waals surface area contributed by atoms with Crippen LogP contribution in [0.1, 0.15) is 37.7 Å². The Labute approximate surface area is 148 Å². The van der Waals surface area contributed by atoms with E-state index in [4.69, 9.17) is 9.57 Å². The third-order valence-electron chi connectivity index (χ3n) is 5.82. The summed E-state index contributed by atoms with van der Waals surface area (Å²) in [6, 6.07) is 9.14. The van der Waals surface area contributed by atoms with Crippen molar-refractivity contribution >= 4 is 11.6 Å². The Bertz CT molecular complexity index is 676. The average Bonchev–Trinajstić information content (AvgIpc) is 3.18. The fourth-order valence-electron chi connectivity index (χ4n) is 4.38. The normalized spacial score (nSPS) is 31.4. The molecule has 0 aliphatic carbocycles. The van der Waals surface area contributed by atoms with Crippen LogP contribution in [-0.4, -0.2) is 54.9 Å². The lowest BCUT2D eigenvalue weighted by molar-refractivity contribution is -0.132. The summed E-state index contributed by atoms with van der Waals surface area (Å²) in [4.78, 5) is 20.5. The van der Waals surface area contributed by atoms with Crippen LogP contribution in [0, 0.1) is 0 Å². The van der Waals surface area contributed by atoms with Gasteiger partial charge in [0.25, 0.3) is 5.91 Å². The lowest BCUT2D eigenvalue weighted by atomic mass is 9.97. The van der Waals surface area contributed by atoms with Gasteiger partial charge in [0.1, 0.15) is 5.75 Å². The second kappa shape index (κ2) is 6.67. The second-order valence-electron chi connectivity index (χ2n) is 7.26. The van der Waals surface area contributed by atoms with Crippen molar-refractivity contribution in [3.63, 3.8) is 0 Å². The molecular weight excluding hydrogens is 318 g/mol. The molecule has 2 bridgehead atoms. The molecule has 3 unspecified atom stereocenters. The van der Waals surface area contributed by atoms with Crippen LogP contribution in [-0.2, 0) is 9.63 Å². The number of piperidine rings is 1. The number of hydrogen-bond donors (Lipinski definition) is 1. The minimum Gasteiger partial charge on any atom is -0.496 e. The fourth-order valence-corrected chi connectivity index (χ4v) is 4.38. The van der Waals surface area contributed by atoms with Crippen molar-refractivity contribution in [3.05, 3.63) is 29.8 Å². The van der Waals surface area contributed by atoms with Crippen LogP contribution in [0.25, 0.3) is 0 Å².